The van der Waals surface area contributed by atoms with Gasteiger partial charge in [-0.3, -0.25) is 4.79 Å². The van der Waals surface area contributed by atoms with E-state index in [1.165, 1.54) is 0 Å². The number of aryl methyl sites for hydroxylation is 1. The largest absolute Gasteiger partial charge is 0.494 e. The lowest BCUT2D eigenvalue weighted by Crippen LogP contribution is -2.38. The summed E-state index contributed by atoms with van der Waals surface area (Å²) in [5.74, 6) is 0.917. The number of ether oxygens (including phenoxy) is 1. The molecule has 0 radical (unpaired) electrons. The Hall–Kier alpha value is -1.55. The van der Waals surface area contributed by atoms with Gasteiger partial charge in [-0.15, -0.1) is 0 Å². The summed E-state index contributed by atoms with van der Waals surface area (Å²) in [6, 6.07) is 7.85. The molecule has 0 aromatic heterocycles. The van der Waals surface area contributed by atoms with E-state index in [0.717, 1.165) is 11.3 Å². The van der Waals surface area contributed by atoms with Crippen molar-refractivity contribution in [2.24, 2.45) is 5.92 Å². The van der Waals surface area contributed by atoms with Crippen molar-refractivity contribution in [3.05, 3.63) is 29.8 Å². The van der Waals surface area contributed by atoms with Crippen molar-refractivity contribution in [1.82, 2.24) is 5.32 Å². The highest BCUT2D eigenvalue weighted by molar-refractivity contribution is 5.76. The molecule has 112 valence electrons. The molecule has 0 saturated carbocycles. The van der Waals surface area contributed by atoms with Crippen LogP contribution in [0.5, 0.6) is 5.75 Å². The number of hydrogen-bond donors (Lipinski definition) is 2. The highest BCUT2D eigenvalue weighted by Gasteiger charge is 2.13. The number of rotatable bonds is 8. The minimum Gasteiger partial charge on any atom is -0.494 e. The molecule has 2 atom stereocenters. The first-order valence-electron chi connectivity index (χ1n) is 7.12. The summed E-state index contributed by atoms with van der Waals surface area (Å²) in [5.41, 5.74) is 1.16. The maximum Gasteiger partial charge on any atom is 0.220 e. The molecule has 2 N–H and O–H groups in total. The van der Waals surface area contributed by atoms with Crippen LogP contribution in [0.15, 0.2) is 24.3 Å². The number of aliphatic hydroxyl groups excluding tert-OH is 1. The fourth-order valence-electron chi connectivity index (χ4n) is 1.75. The molecule has 1 amide bonds. The lowest BCUT2D eigenvalue weighted by Gasteiger charge is -2.19. The van der Waals surface area contributed by atoms with E-state index in [-0.39, 0.29) is 24.5 Å². The van der Waals surface area contributed by atoms with Crippen LogP contribution in [0, 0.1) is 12.8 Å². The Morgan fingerprint density at radius 2 is 2.15 bits per heavy atom. The third-order valence-corrected chi connectivity index (χ3v) is 3.34. The molecule has 0 spiro atoms. The minimum atomic E-state index is -0.00908. The predicted molar refractivity (Wildman–Crippen MR) is 79.8 cm³/mol. The zero-order chi connectivity index (χ0) is 15.0. The van der Waals surface area contributed by atoms with E-state index in [4.69, 9.17) is 9.84 Å². The Kier molecular flexibility index (Phi) is 7.09. The lowest BCUT2D eigenvalue weighted by molar-refractivity contribution is -0.122. The molecule has 1 aromatic rings. The van der Waals surface area contributed by atoms with Gasteiger partial charge in [0.25, 0.3) is 0 Å². The summed E-state index contributed by atoms with van der Waals surface area (Å²) < 4.78 is 5.59. The van der Waals surface area contributed by atoms with Crippen LogP contribution in [0.3, 0.4) is 0 Å². The van der Waals surface area contributed by atoms with Crippen LogP contribution in [0.2, 0.25) is 0 Å². The number of nitrogens with one attached hydrogen (secondary N) is 1. The molecule has 4 nitrogen and oxygen atoms in total. The molecule has 20 heavy (non-hydrogen) atoms. The third-order valence-electron chi connectivity index (χ3n) is 3.34. The third kappa shape index (κ3) is 6.06. The lowest BCUT2D eigenvalue weighted by atomic mass is 10.1. The van der Waals surface area contributed by atoms with Gasteiger partial charge in [0.15, 0.2) is 0 Å². The highest BCUT2D eigenvalue weighted by Crippen LogP contribution is 2.12. The molecule has 0 bridgehead atoms. The first kappa shape index (κ1) is 16.5. The van der Waals surface area contributed by atoms with Gasteiger partial charge < -0.3 is 15.2 Å². The number of carbonyl (C=O) groups excluding carboxylic acids is 1. The van der Waals surface area contributed by atoms with Crippen LogP contribution < -0.4 is 10.1 Å². The van der Waals surface area contributed by atoms with E-state index in [0.29, 0.717) is 19.4 Å². The van der Waals surface area contributed by atoms with Crippen molar-refractivity contribution in [3.8, 4) is 5.75 Å². The summed E-state index contributed by atoms with van der Waals surface area (Å²) in [4.78, 5) is 11.7. The second-order valence-corrected chi connectivity index (χ2v) is 5.28. The quantitative estimate of drug-likeness (QED) is 0.718. The van der Waals surface area contributed by atoms with E-state index >= 15 is 0 Å². The van der Waals surface area contributed by atoms with Crippen molar-refractivity contribution >= 4 is 5.91 Å². The van der Waals surface area contributed by atoms with Crippen LogP contribution in [0.25, 0.3) is 0 Å². The van der Waals surface area contributed by atoms with Gasteiger partial charge in [-0.1, -0.05) is 19.1 Å². The molecule has 0 heterocycles. The van der Waals surface area contributed by atoms with Crippen molar-refractivity contribution in [1.29, 1.82) is 0 Å². The average molecular weight is 279 g/mol. The number of aliphatic hydroxyl groups is 1. The molecule has 4 heteroatoms. The molecule has 0 saturated heterocycles. The molecule has 0 aliphatic rings. The molecule has 0 aliphatic heterocycles. The Bertz CT molecular complexity index is 420. The minimum absolute atomic E-state index is 0.00522. The molecule has 2 unspecified atom stereocenters. The van der Waals surface area contributed by atoms with Gasteiger partial charge in [-0.25, -0.2) is 0 Å². The van der Waals surface area contributed by atoms with Crippen molar-refractivity contribution < 1.29 is 14.6 Å². The zero-order valence-electron chi connectivity index (χ0n) is 12.6. The van der Waals surface area contributed by atoms with E-state index in [2.05, 4.69) is 5.32 Å². The molecule has 1 aromatic carbocycles. The average Bonchev–Trinajstić information content (AvgIpc) is 2.42. The maximum atomic E-state index is 11.7. The predicted octanol–water partition coefficient (Wildman–Crippen LogP) is 2.29. The SMILES string of the molecule is Cc1cccc(OCCCC(=O)NC(C)C(C)CO)c1. The monoisotopic (exact) mass is 279 g/mol. The summed E-state index contributed by atoms with van der Waals surface area (Å²) in [6.45, 7) is 6.44. The molecule has 0 aliphatic carbocycles. The standard InChI is InChI=1S/C16H25NO3/c1-12-6-4-7-15(10-12)20-9-5-8-16(19)17-14(3)13(2)11-18/h4,6-7,10,13-14,18H,5,8-9,11H2,1-3H3,(H,17,19). The second kappa shape index (κ2) is 8.59. The van der Waals surface area contributed by atoms with Gasteiger partial charge in [0.1, 0.15) is 5.75 Å². The Morgan fingerprint density at radius 3 is 2.80 bits per heavy atom. The van der Waals surface area contributed by atoms with Gasteiger partial charge in [0, 0.05) is 19.1 Å². The van der Waals surface area contributed by atoms with Gasteiger partial charge in [-0.2, -0.15) is 0 Å². The Labute approximate surface area is 121 Å². The topological polar surface area (TPSA) is 58.6 Å². The molecular formula is C16H25NO3. The summed E-state index contributed by atoms with van der Waals surface area (Å²) in [5, 5.41) is 11.9. The summed E-state index contributed by atoms with van der Waals surface area (Å²) in [7, 11) is 0. The van der Waals surface area contributed by atoms with Gasteiger partial charge in [0.05, 0.1) is 6.61 Å². The Balaban J connectivity index is 2.19. The normalized spacial score (nSPS) is 13.6. The number of hydrogen-bond acceptors (Lipinski definition) is 3. The Morgan fingerprint density at radius 1 is 1.40 bits per heavy atom. The fourth-order valence-corrected chi connectivity index (χ4v) is 1.75. The first-order valence-corrected chi connectivity index (χ1v) is 7.12. The highest BCUT2D eigenvalue weighted by atomic mass is 16.5. The first-order chi connectivity index (χ1) is 9.52. The van der Waals surface area contributed by atoms with Crippen LogP contribution in [-0.4, -0.2) is 30.3 Å². The van der Waals surface area contributed by atoms with E-state index in [9.17, 15) is 4.79 Å². The number of benzene rings is 1. The van der Waals surface area contributed by atoms with Crippen LogP contribution in [0.1, 0.15) is 32.3 Å². The van der Waals surface area contributed by atoms with Gasteiger partial charge in [-0.05, 0) is 43.9 Å². The van der Waals surface area contributed by atoms with E-state index in [1.807, 2.05) is 45.0 Å². The second-order valence-electron chi connectivity index (χ2n) is 5.28. The van der Waals surface area contributed by atoms with Crippen LogP contribution >= 0.6 is 0 Å². The van der Waals surface area contributed by atoms with Crippen molar-refractivity contribution in [2.75, 3.05) is 13.2 Å². The molecular weight excluding hydrogens is 254 g/mol. The van der Waals surface area contributed by atoms with E-state index < -0.39 is 0 Å². The summed E-state index contributed by atoms with van der Waals surface area (Å²) in [6.07, 6.45) is 1.12. The van der Waals surface area contributed by atoms with Crippen molar-refractivity contribution in [3.63, 3.8) is 0 Å². The van der Waals surface area contributed by atoms with Gasteiger partial charge >= 0.3 is 0 Å². The van der Waals surface area contributed by atoms with Crippen LogP contribution in [-0.2, 0) is 4.79 Å². The van der Waals surface area contributed by atoms with E-state index in [1.54, 1.807) is 0 Å². The van der Waals surface area contributed by atoms with Crippen LogP contribution in [0.4, 0.5) is 0 Å². The summed E-state index contributed by atoms with van der Waals surface area (Å²) >= 11 is 0. The van der Waals surface area contributed by atoms with Crippen molar-refractivity contribution in [2.45, 2.75) is 39.7 Å². The molecule has 0 fully saturated rings. The maximum absolute atomic E-state index is 11.7. The zero-order valence-corrected chi connectivity index (χ0v) is 12.6. The fraction of sp³-hybridized carbons (Fsp3) is 0.562. The number of carbonyl (C=O) groups is 1. The number of amides is 1. The smallest absolute Gasteiger partial charge is 0.220 e. The van der Waals surface area contributed by atoms with Gasteiger partial charge in [0.2, 0.25) is 5.91 Å². The molecule has 1 rings (SSSR count).